The first-order chi connectivity index (χ1) is 18.6. The predicted molar refractivity (Wildman–Crippen MR) is 145 cm³/mol. The van der Waals surface area contributed by atoms with E-state index in [0.717, 1.165) is 19.4 Å². The average Bonchev–Trinajstić information content (AvgIpc) is 2.90. The first kappa shape index (κ1) is 35.8. The van der Waals surface area contributed by atoms with E-state index >= 15 is 0 Å². The molecule has 0 saturated carbocycles. The van der Waals surface area contributed by atoms with Gasteiger partial charge in [0, 0.05) is 6.61 Å². The van der Waals surface area contributed by atoms with Crippen molar-refractivity contribution in [3.8, 4) is 0 Å². The largest absolute Gasteiger partial charge is 0.415 e. The Labute approximate surface area is 231 Å². The summed E-state index contributed by atoms with van der Waals surface area (Å²) >= 11 is 0. The summed E-state index contributed by atoms with van der Waals surface area (Å²) in [5.41, 5.74) is 0. The Balaban J connectivity index is 1.62. The Morgan fingerprint density at radius 1 is 0.474 bits per heavy atom. The van der Waals surface area contributed by atoms with Gasteiger partial charge in [-0.3, -0.25) is 0 Å². The maximum absolute atomic E-state index is 5.71. The van der Waals surface area contributed by atoms with Gasteiger partial charge in [-0.15, -0.1) is 0 Å². The SMILES string of the molecule is C[Si](C)(C)OCCOCCOCCOCCOCCOCCOCCOCCOCCOC1CCCCO1. The molecule has 1 rings (SSSR count). The summed E-state index contributed by atoms with van der Waals surface area (Å²) in [5.74, 6) is 0. The highest BCUT2D eigenvalue weighted by Gasteiger charge is 2.14. The summed E-state index contributed by atoms with van der Waals surface area (Å²) in [5, 5.41) is 0. The second kappa shape index (κ2) is 27.0. The highest BCUT2D eigenvalue weighted by Crippen LogP contribution is 2.13. The van der Waals surface area contributed by atoms with E-state index in [9.17, 15) is 0 Å². The fourth-order valence-electron chi connectivity index (χ4n) is 3.13. The minimum atomic E-state index is -1.44. The Bertz CT molecular complexity index is 477. The summed E-state index contributed by atoms with van der Waals surface area (Å²) in [6, 6.07) is 0. The second-order valence-corrected chi connectivity index (χ2v) is 14.0. The van der Waals surface area contributed by atoms with E-state index in [0.29, 0.717) is 119 Å². The van der Waals surface area contributed by atoms with Crippen molar-refractivity contribution in [3.63, 3.8) is 0 Å². The molecule has 1 heterocycles. The van der Waals surface area contributed by atoms with Gasteiger partial charge in [0.1, 0.15) is 0 Å². The van der Waals surface area contributed by atoms with E-state index in [-0.39, 0.29) is 6.29 Å². The quantitative estimate of drug-likeness (QED) is 0.0979. The van der Waals surface area contributed by atoms with Crippen LogP contribution in [-0.2, 0) is 51.8 Å². The topological polar surface area (TPSA) is 102 Å². The molecular formula is C26H54O11Si. The molecule has 0 amide bonds. The van der Waals surface area contributed by atoms with Crippen LogP contribution < -0.4 is 0 Å². The fraction of sp³-hybridized carbons (Fsp3) is 1.00. The van der Waals surface area contributed by atoms with Crippen molar-refractivity contribution in [1.29, 1.82) is 0 Å². The van der Waals surface area contributed by atoms with Crippen molar-refractivity contribution in [2.45, 2.75) is 45.2 Å². The van der Waals surface area contributed by atoms with Gasteiger partial charge in [0.2, 0.25) is 0 Å². The molecule has 0 spiro atoms. The summed E-state index contributed by atoms with van der Waals surface area (Å²) in [7, 11) is -1.44. The highest BCUT2D eigenvalue weighted by molar-refractivity contribution is 6.69. The summed E-state index contributed by atoms with van der Waals surface area (Å²) in [6.07, 6.45) is 3.21. The average molecular weight is 571 g/mol. The molecule has 0 aromatic heterocycles. The van der Waals surface area contributed by atoms with E-state index in [2.05, 4.69) is 19.6 Å². The lowest BCUT2D eigenvalue weighted by atomic mass is 10.2. The van der Waals surface area contributed by atoms with E-state index in [4.69, 9.17) is 51.8 Å². The Hall–Kier alpha value is -0.223. The summed E-state index contributed by atoms with van der Waals surface area (Å²) < 4.78 is 60.6. The molecule has 228 valence electrons. The number of hydrogen-bond donors (Lipinski definition) is 0. The van der Waals surface area contributed by atoms with Crippen molar-refractivity contribution in [2.24, 2.45) is 0 Å². The van der Waals surface area contributed by atoms with Gasteiger partial charge in [-0.2, -0.15) is 0 Å². The smallest absolute Gasteiger partial charge is 0.183 e. The monoisotopic (exact) mass is 570 g/mol. The van der Waals surface area contributed by atoms with Gasteiger partial charge in [0.25, 0.3) is 0 Å². The van der Waals surface area contributed by atoms with Crippen LogP contribution in [0.3, 0.4) is 0 Å². The Morgan fingerprint density at radius 2 is 0.816 bits per heavy atom. The van der Waals surface area contributed by atoms with Crippen molar-refractivity contribution in [1.82, 2.24) is 0 Å². The van der Waals surface area contributed by atoms with Gasteiger partial charge in [-0.25, -0.2) is 0 Å². The standard InChI is InChI=1S/C26H54O11Si/c1-38(2,3)37-25-23-34-21-19-32-17-15-30-13-11-28-9-8-27-10-12-29-14-16-31-18-20-33-22-24-36-26-6-4-5-7-35-26/h26H,4-25H2,1-3H3. The van der Waals surface area contributed by atoms with E-state index in [1.54, 1.807) is 0 Å². The molecule has 12 heteroatoms. The van der Waals surface area contributed by atoms with E-state index < -0.39 is 8.32 Å². The third-order valence-electron chi connectivity index (χ3n) is 5.04. The normalized spacial score (nSPS) is 16.3. The first-order valence-corrected chi connectivity index (χ1v) is 17.5. The van der Waals surface area contributed by atoms with Crippen molar-refractivity contribution < 1.29 is 51.8 Å². The molecule has 1 aliphatic rings. The van der Waals surface area contributed by atoms with Gasteiger partial charge in [0.15, 0.2) is 14.6 Å². The van der Waals surface area contributed by atoms with Crippen molar-refractivity contribution in [3.05, 3.63) is 0 Å². The number of hydrogen-bond acceptors (Lipinski definition) is 11. The van der Waals surface area contributed by atoms with Crippen molar-refractivity contribution in [2.75, 3.05) is 126 Å². The molecule has 1 saturated heterocycles. The molecule has 0 aromatic rings. The van der Waals surface area contributed by atoms with Crippen LogP contribution in [0.5, 0.6) is 0 Å². The van der Waals surface area contributed by atoms with Gasteiger partial charge >= 0.3 is 0 Å². The number of rotatable bonds is 29. The van der Waals surface area contributed by atoms with Crippen LogP contribution >= 0.6 is 0 Å². The predicted octanol–water partition coefficient (Wildman–Crippen LogP) is 2.51. The molecule has 0 radical (unpaired) electrons. The zero-order valence-corrected chi connectivity index (χ0v) is 25.1. The lowest BCUT2D eigenvalue weighted by Gasteiger charge is -2.22. The molecule has 0 bridgehead atoms. The zero-order chi connectivity index (χ0) is 27.4. The highest BCUT2D eigenvalue weighted by atomic mass is 28.4. The fourth-order valence-corrected chi connectivity index (χ4v) is 3.83. The molecule has 38 heavy (non-hydrogen) atoms. The molecular weight excluding hydrogens is 516 g/mol. The number of ether oxygens (including phenoxy) is 10. The van der Waals surface area contributed by atoms with Crippen LogP contribution in [-0.4, -0.2) is 140 Å². The summed E-state index contributed by atoms with van der Waals surface area (Å²) in [6.45, 7) is 17.2. The summed E-state index contributed by atoms with van der Waals surface area (Å²) in [4.78, 5) is 0. The van der Waals surface area contributed by atoms with Crippen LogP contribution in [0.1, 0.15) is 19.3 Å². The van der Waals surface area contributed by atoms with E-state index in [1.165, 1.54) is 6.42 Å². The molecule has 0 N–H and O–H groups in total. The lowest BCUT2D eigenvalue weighted by molar-refractivity contribution is -0.169. The lowest BCUT2D eigenvalue weighted by Crippen LogP contribution is -2.27. The maximum Gasteiger partial charge on any atom is 0.183 e. The van der Waals surface area contributed by atoms with Crippen LogP contribution in [0.4, 0.5) is 0 Å². The molecule has 1 unspecified atom stereocenters. The molecule has 1 fully saturated rings. The molecule has 1 aliphatic heterocycles. The Morgan fingerprint density at radius 3 is 1.13 bits per heavy atom. The third kappa shape index (κ3) is 27.3. The van der Waals surface area contributed by atoms with Crippen LogP contribution in [0, 0.1) is 0 Å². The van der Waals surface area contributed by atoms with Gasteiger partial charge in [-0.05, 0) is 38.9 Å². The van der Waals surface area contributed by atoms with Crippen LogP contribution in [0.2, 0.25) is 19.6 Å². The van der Waals surface area contributed by atoms with Gasteiger partial charge < -0.3 is 51.8 Å². The maximum atomic E-state index is 5.71. The zero-order valence-electron chi connectivity index (χ0n) is 24.1. The molecule has 0 aromatic carbocycles. The second-order valence-electron chi connectivity index (χ2n) is 9.53. The van der Waals surface area contributed by atoms with Gasteiger partial charge in [0.05, 0.1) is 119 Å². The molecule has 0 aliphatic carbocycles. The minimum absolute atomic E-state index is 0.0597. The Kier molecular flexibility index (Phi) is 25.4. The van der Waals surface area contributed by atoms with Crippen molar-refractivity contribution >= 4 is 8.32 Å². The van der Waals surface area contributed by atoms with Crippen LogP contribution in [0.25, 0.3) is 0 Å². The first-order valence-electron chi connectivity index (χ1n) is 14.1. The van der Waals surface area contributed by atoms with Crippen LogP contribution in [0.15, 0.2) is 0 Å². The molecule has 1 atom stereocenters. The third-order valence-corrected chi connectivity index (χ3v) is 6.11. The molecule has 11 nitrogen and oxygen atoms in total. The van der Waals surface area contributed by atoms with Gasteiger partial charge in [-0.1, -0.05) is 0 Å². The minimum Gasteiger partial charge on any atom is -0.415 e. The van der Waals surface area contributed by atoms with E-state index in [1.807, 2.05) is 0 Å².